The zero-order chi connectivity index (χ0) is 15.7. The highest BCUT2D eigenvalue weighted by Gasteiger charge is 2.39. The number of carboxylic acids is 1. The molecule has 1 aromatic carbocycles. The molecule has 0 spiro atoms. The summed E-state index contributed by atoms with van der Waals surface area (Å²) in [7, 11) is 0. The van der Waals surface area contributed by atoms with E-state index in [2.05, 4.69) is 15.9 Å². The van der Waals surface area contributed by atoms with Crippen molar-refractivity contribution in [2.75, 3.05) is 6.54 Å². The van der Waals surface area contributed by atoms with Crippen LogP contribution in [0.3, 0.4) is 0 Å². The molecule has 2 N–H and O–H groups in total. The summed E-state index contributed by atoms with van der Waals surface area (Å²) in [6, 6.07) is 2.56. The molecule has 2 atom stereocenters. The molecule has 1 fully saturated rings. The van der Waals surface area contributed by atoms with Crippen molar-refractivity contribution in [2.24, 2.45) is 0 Å². The summed E-state index contributed by atoms with van der Waals surface area (Å²) in [5, 5.41) is 29.4. The van der Waals surface area contributed by atoms with Gasteiger partial charge < -0.3 is 15.1 Å². The van der Waals surface area contributed by atoms with Gasteiger partial charge in [0.25, 0.3) is 11.6 Å². The highest BCUT2D eigenvalue weighted by molar-refractivity contribution is 9.10. The van der Waals surface area contributed by atoms with Crippen molar-refractivity contribution in [3.8, 4) is 0 Å². The van der Waals surface area contributed by atoms with Gasteiger partial charge in [0.1, 0.15) is 6.04 Å². The third-order valence-electron chi connectivity index (χ3n) is 3.17. The van der Waals surface area contributed by atoms with Crippen molar-refractivity contribution in [3.63, 3.8) is 0 Å². The van der Waals surface area contributed by atoms with Crippen LogP contribution in [0.5, 0.6) is 0 Å². The molecule has 1 aromatic rings. The number of nitro groups is 1. The predicted molar refractivity (Wildman–Crippen MR) is 73.9 cm³/mol. The first kappa shape index (κ1) is 15.4. The summed E-state index contributed by atoms with van der Waals surface area (Å²) in [6.45, 7) is -0.115. The minimum absolute atomic E-state index is 0.00331. The average Bonchev–Trinajstić information content (AvgIpc) is 2.79. The standard InChI is InChI=1S/C12H11BrN2O6/c13-7-1-6(2-8(3-7)15(20)21)11(17)14-5-9(16)4-10(14)12(18)19/h1-3,9-10,16H,4-5H2,(H,18,19)/t9-,10-/m1/s1. The second kappa shape index (κ2) is 5.78. The average molecular weight is 359 g/mol. The summed E-state index contributed by atoms with van der Waals surface area (Å²) in [6.07, 6.45) is -0.978. The van der Waals surface area contributed by atoms with Gasteiger partial charge in [-0.3, -0.25) is 14.9 Å². The number of halogens is 1. The normalized spacial score (nSPS) is 21.3. The van der Waals surface area contributed by atoms with Gasteiger partial charge in [-0.05, 0) is 6.07 Å². The lowest BCUT2D eigenvalue weighted by molar-refractivity contribution is -0.385. The number of benzene rings is 1. The Hall–Kier alpha value is -2.00. The van der Waals surface area contributed by atoms with E-state index in [9.17, 15) is 24.8 Å². The number of amides is 1. The van der Waals surface area contributed by atoms with Crippen LogP contribution in [0.2, 0.25) is 0 Å². The lowest BCUT2D eigenvalue weighted by Gasteiger charge is -2.21. The van der Waals surface area contributed by atoms with Gasteiger partial charge in [0.05, 0.1) is 11.0 Å². The molecule has 1 saturated heterocycles. The number of β-amino-alcohol motifs (C(OH)–C–C–N with tert-alkyl or cyclic N) is 1. The van der Waals surface area contributed by atoms with Crippen molar-refractivity contribution < 1.29 is 24.7 Å². The Morgan fingerprint density at radius 2 is 2.05 bits per heavy atom. The number of carboxylic acid groups (broad SMARTS) is 1. The number of nitro benzene ring substituents is 1. The monoisotopic (exact) mass is 358 g/mol. The fourth-order valence-corrected chi connectivity index (χ4v) is 2.72. The van der Waals surface area contributed by atoms with E-state index in [-0.39, 0.29) is 24.2 Å². The molecule has 1 amide bonds. The van der Waals surface area contributed by atoms with E-state index in [1.807, 2.05) is 0 Å². The van der Waals surface area contributed by atoms with Crippen LogP contribution < -0.4 is 0 Å². The number of aliphatic carboxylic acids is 1. The van der Waals surface area contributed by atoms with Gasteiger partial charge in [-0.2, -0.15) is 0 Å². The fourth-order valence-electron chi connectivity index (χ4n) is 2.24. The van der Waals surface area contributed by atoms with Gasteiger partial charge in [0, 0.05) is 35.1 Å². The first-order chi connectivity index (χ1) is 9.79. The van der Waals surface area contributed by atoms with E-state index in [0.29, 0.717) is 4.47 Å². The van der Waals surface area contributed by atoms with E-state index in [0.717, 1.165) is 11.0 Å². The molecule has 1 aliphatic heterocycles. The molecule has 112 valence electrons. The summed E-state index contributed by atoms with van der Waals surface area (Å²) >= 11 is 3.07. The van der Waals surface area contributed by atoms with Crippen molar-refractivity contribution in [1.29, 1.82) is 0 Å². The SMILES string of the molecule is O=C(O)[C@H]1C[C@@H](O)CN1C(=O)c1cc(Br)cc([N+](=O)[O-])c1. The molecule has 1 aliphatic rings. The van der Waals surface area contributed by atoms with Crippen molar-refractivity contribution in [2.45, 2.75) is 18.6 Å². The smallest absolute Gasteiger partial charge is 0.326 e. The van der Waals surface area contributed by atoms with E-state index >= 15 is 0 Å². The van der Waals surface area contributed by atoms with Gasteiger partial charge in [0.2, 0.25) is 0 Å². The molecule has 0 aromatic heterocycles. The number of aliphatic hydroxyl groups excluding tert-OH is 1. The Morgan fingerprint density at radius 3 is 2.62 bits per heavy atom. The van der Waals surface area contributed by atoms with Gasteiger partial charge in [-0.25, -0.2) is 4.79 Å². The number of rotatable bonds is 3. The van der Waals surface area contributed by atoms with Gasteiger partial charge in [-0.15, -0.1) is 0 Å². The van der Waals surface area contributed by atoms with Crippen LogP contribution in [0.1, 0.15) is 16.8 Å². The van der Waals surface area contributed by atoms with Crippen molar-refractivity contribution in [3.05, 3.63) is 38.3 Å². The van der Waals surface area contributed by atoms with Gasteiger partial charge in [-0.1, -0.05) is 15.9 Å². The third kappa shape index (κ3) is 3.19. The minimum Gasteiger partial charge on any atom is -0.480 e. The molecule has 2 rings (SSSR count). The Labute approximate surface area is 127 Å². The van der Waals surface area contributed by atoms with E-state index in [4.69, 9.17) is 5.11 Å². The highest BCUT2D eigenvalue weighted by atomic mass is 79.9. The molecule has 0 aliphatic carbocycles. The quantitative estimate of drug-likeness (QED) is 0.614. The first-order valence-corrected chi connectivity index (χ1v) is 6.75. The first-order valence-electron chi connectivity index (χ1n) is 5.96. The number of likely N-dealkylation sites (tertiary alicyclic amines) is 1. The maximum Gasteiger partial charge on any atom is 0.326 e. The number of hydrogen-bond acceptors (Lipinski definition) is 5. The zero-order valence-corrected chi connectivity index (χ0v) is 12.2. The molecular weight excluding hydrogens is 348 g/mol. The highest BCUT2D eigenvalue weighted by Crippen LogP contribution is 2.25. The Kier molecular flexibility index (Phi) is 4.24. The minimum atomic E-state index is -1.22. The number of aliphatic hydroxyl groups is 1. The van der Waals surface area contributed by atoms with Crippen LogP contribution >= 0.6 is 15.9 Å². The lowest BCUT2D eigenvalue weighted by Crippen LogP contribution is -2.40. The molecule has 0 radical (unpaired) electrons. The maximum absolute atomic E-state index is 12.3. The maximum atomic E-state index is 12.3. The van der Waals surface area contributed by atoms with E-state index in [1.54, 1.807) is 0 Å². The number of hydrogen-bond donors (Lipinski definition) is 2. The number of non-ortho nitro benzene ring substituents is 1. The van der Waals surface area contributed by atoms with Crippen LogP contribution in [0.15, 0.2) is 22.7 Å². The number of nitrogens with zero attached hydrogens (tertiary/aromatic N) is 2. The largest absolute Gasteiger partial charge is 0.480 e. The van der Waals surface area contributed by atoms with Crippen molar-refractivity contribution in [1.82, 2.24) is 4.90 Å². The second-order valence-corrected chi connectivity index (χ2v) is 5.57. The Balaban J connectivity index is 2.35. The van der Waals surface area contributed by atoms with Crippen molar-refractivity contribution >= 4 is 33.5 Å². The van der Waals surface area contributed by atoms with E-state index < -0.39 is 28.9 Å². The fraction of sp³-hybridized carbons (Fsp3) is 0.333. The molecule has 0 unspecified atom stereocenters. The molecule has 9 heteroatoms. The molecule has 21 heavy (non-hydrogen) atoms. The Bertz CT molecular complexity index is 620. The number of carbonyl (C=O) groups excluding carboxylic acids is 1. The Morgan fingerprint density at radius 1 is 1.38 bits per heavy atom. The second-order valence-electron chi connectivity index (χ2n) is 4.66. The molecule has 8 nitrogen and oxygen atoms in total. The van der Waals surface area contributed by atoms with Crippen LogP contribution in [0.4, 0.5) is 5.69 Å². The summed E-state index contributed by atoms with van der Waals surface area (Å²) in [4.78, 5) is 34.6. The molecule has 0 saturated carbocycles. The van der Waals surface area contributed by atoms with E-state index in [1.165, 1.54) is 12.1 Å². The van der Waals surface area contributed by atoms with Gasteiger partial charge in [0.15, 0.2) is 0 Å². The topological polar surface area (TPSA) is 121 Å². The zero-order valence-electron chi connectivity index (χ0n) is 10.6. The van der Waals surface area contributed by atoms with Crippen LogP contribution in [0, 0.1) is 10.1 Å². The molecular formula is C12H11BrN2O6. The summed E-state index contributed by atoms with van der Waals surface area (Å²) in [5.74, 6) is -1.88. The molecule has 0 bridgehead atoms. The third-order valence-corrected chi connectivity index (χ3v) is 3.62. The van der Waals surface area contributed by atoms with Crippen LogP contribution in [-0.2, 0) is 4.79 Å². The molecule has 1 heterocycles. The predicted octanol–water partition coefficient (Wildman–Crippen LogP) is 1.02. The van der Waals surface area contributed by atoms with Crippen LogP contribution in [-0.4, -0.2) is 50.6 Å². The van der Waals surface area contributed by atoms with Gasteiger partial charge >= 0.3 is 5.97 Å². The summed E-state index contributed by atoms with van der Waals surface area (Å²) < 4.78 is 0.340. The number of carbonyl (C=O) groups is 2. The summed E-state index contributed by atoms with van der Waals surface area (Å²) in [5.41, 5.74) is -0.282. The van der Waals surface area contributed by atoms with Crippen LogP contribution in [0.25, 0.3) is 0 Å². The lowest BCUT2D eigenvalue weighted by atomic mass is 10.1.